The molecule has 24 heavy (non-hydrogen) atoms. The zero-order chi connectivity index (χ0) is 17.9. The maximum Gasteiger partial charge on any atom is 0.305 e. The first kappa shape index (κ1) is 20.4. The van der Waals surface area contributed by atoms with Crippen LogP contribution in [-0.4, -0.2) is 29.2 Å². The Kier molecular flexibility index (Phi) is 9.34. The summed E-state index contributed by atoms with van der Waals surface area (Å²) in [6.07, 6.45) is 4.00. The summed E-state index contributed by atoms with van der Waals surface area (Å²) < 4.78 is 5.15. The van der Waals surface area contributed by atoms with E-state index in [1.54, 1.807) is 6.07 Å². The van der Waals surface area contributed by atoms with E-state index < -0.39 is 4.92 Å². The van der Waals surface area contributed by atoms with E-state index in [9.17, 15) is 20.0 Å². The molecule has 6 nitrogen and oxygen atoms in total. The van der Waals surface area contributed by atoms with E-state index in [1.165, 1.54) is 12.1 Å². The van der Waals surface area contributed by atoms with Crippen molar-refractivity contribution in [2.45, 2.75) is 45.4 Å². The number of esters is 1. The third-order valence-corrected chi connectivity index (χ3v) is 4.01. The molecule has 0 heterocycles. The highest BCUT2D eigenvalue weighted by Crippen LogP contribution is 2.26. The Morgan fingerprint density at radius 2 is 2.17 bits per heavy atom. The first-order valence-electron chi connectivity index (χ1n) is 8.17. The van der Waals surface area contributed by atoms with Gasteiger partial charge in [0, 0.05) is 29.7 Å². The van der Waals surface area contributed by atoms with E-state index in [4.69, 9.17) is 16.3 Å². The normalized spacial score (nSPS) is 12.0. The molecule has 0 fully saturated rings. The molecule has 1 rings (SSSR count). The number of aliphatic hydroxyl groups excluding tert-OH is 1. The minimum absolute atomic E-state index is 0.0191. The average molecular weight is 358 g/mol. The molecular weight excluding hydrogens is 334 g/mol. The minimum Gasteiger partial charge on any atom is -0.466 e. The number of aliphatic hydroxyl groups is 1. The van der Waals surface area contributed by atoms with Gasteiger partial charge in [-0.2, -0.15) is 0 Å². The van der Waals surface area contributed by atoms with Crippen molar-refractivity contribution in [2.24, 2.45) is 5.92 Å². The van der Waals surface area contributed by atoms with Gasteiger partial charge >= 0.3 is 5.97 Å². The Balaban J connectivity index is 2.52. The van der Waals surface area contributed by atoms with Gasteiger partial charge in [-0.15, -0.1) is 0 Å². The topological polar surface area (TPSA) is 89.7 Å². The summed E-state index contributed by atoms with van der Waals surface area (Å²) in [5.41, 5.74) is 0.454. The van der Waals surface area contributed by atoms with Crippen LogP contribution in [0.25, 0.3) is 0 Å². The van der Waals surface area contributed by atoms with Crippen molar-refractivity contribution in [3.63, 3.8) is 0 Å². The van der Waals surface area contributed by atoms with E-state index in [0.29, 0.717) is 29.8 Å². The molecule has 0 radical (unpaired) electrons. The summed E-state index contributed by atoms with van der Waals surface area (Å²) >= 11 is 5.90. The molecule has 1 aromatic rings. The number of nitro benzene ring substituents is 1. The molecule has 0 unspecified atom stereocenters. The number of ether oxygens (including phenoxy) is 1. The maximum atomic E-state index is 11.5. The van der Waals surface area contributed by atoms with Gasteiger partial charge in [-0.3, -0.25) is 14.9 Å². The fourth-order valence-electron chi connectivity index (χ4n) is 2.40. The second-order valence-electron chi connectivity index (χ2n) is 5.75. The van der Waals surface area contributed by atoms with Crippen molar-refractivity contribution < 1.29 is 19.6 Å². The van der Waals surface area contributed by atoms with Crippen LogP contribution in [0.15, 0.2) is 18.2 Å². The van der Waals surface area contributed by atoms with Crippen LogP contribution in [0.5, 0.6) is 0 Å². The second-order valence-corrected chi connectivity index (χ2v) is 6.19. The zero-order valence-electron chi connectivity index (χ0n) is 13.9. The lowest BCUT2D eigenvalue weighted by Gasteiger charge is -2.14. The Morgan fingerprint density at radius 3 is 2.79 bits per heavy atom. The number of hydrogen-bond donors (Lipinski definition) is 1. The summed E-state index contributed by atoms with van der Waals surface area (Å²) in [7, 11) is 0. The number of halogens is 1. The number of unbranched alkanes of at least 4 members (excludes halogenated alkanes) is 2. The highest BCUT2D eigenvalue weighted by atomic mass is 35.5. The fourth-order valence-corrected chi connectivity index (χ4v) is 2.59. The molecule has 0 bridgehead atoms. The maximum absolute atomic E-state index is 11.5. The van der Waals surface area contributed by atoms with Crippen molar-refractivity contribution >= 4 is 23.3 Å². The number of nitrogens with zero attached hydrogens (tertiary/aromatic N) is 1. The van der Waals surface area contributed by atoms with Gasteiger partial charge in [-0.1, -0.05) is 31.4 Å². The molecule has 0 aliphatic carbocycles. The third kappa shape index (κ3) is 7.27. The Hall–Kier alpha value is -1.66. The molecule has 0 amide bonds. The van der Waals surface area contributed by atoms with Gasteiger partial charge in [0.05, 0.1) is 11.5 Å². The molecule has 0 saturated carbocycles. The van der Waals surface area contributed by atoms with Crippen LogP contribution in [-0.2, 0) is 16.0 Å². The van der Waals surface area contributed by atoms with Crippen molar-refractivity contribution in [3.8, 4) is 0 Å². The van der Waals surface area contributed by atoms with Crippen molar-refractivity contribution in [1.82, 2.24) is 0 Å². The van der Waals surface area contributed by atoms with Gasteiger partial charge in [-0.05, 0) is 37.3 Å². The predicted molar refractivity (Wildman–Crippen MR) is 92.1 cm³/mol. The van der Waals surface area contributed by atoms with Gasteiger partial charge in [-0.25, -0.2) is 0 Å². The van der Waals surface area contributed by atoms with E-state index in [-0.39, 0.29) is 30.8 Å². The van der Waals surface area contributed by atoms with E-state index in [1.807, 2.05) is 0 Å². The molecule has 0 spiro atoms. The van der Waals surface area contributed by atoms with Crippen LogP contribution >= 0.6 is 11.6 Å². The van der Waals surface area contributed by atoms with Crippen molar-refractivity contribution in [2.75, 3.05) is 13.2 Å². The summed E-state index contributed by atoms with van der Waals surface area (Å²) in [6, 6.07) is 4.37. The first-order chi connectivity index (χ1) is 11.5. The number of nitro groups is 1. The van der Waals surface area contributed by atoms with Crippen LogP contribution in [0, 0.1) is 16.0 Å². The lowest BCUT2D eigenvalue weighted by atomic mass is 9.96. The van der Waals surface area contributed by atoms with E-state index in [2.05, 4.69) is 6.92 Å². The Bertz CT molecular complexity index is 550. The predicted octanol–water partition coefficient (Wildman–Crippen LogP) is 3.91. The minimum atomic E-state index is -0.464. The van der Waals surface area contributed by atoms with Gasteiger partial charge < -0.3 is 9.84 Å². The van der Waals surface area contributed by atoms with Gasteiger partial charge in [0.25, 0.3) is 5.69 Å². The standard InChI is InChI=1S/C17H24ClNO5/c1-2-3-4-5-17(21)24-9-8-13(12-20)10-14-11-15(18)6-7-16(14)19(22)23/h6-7,11,13,20H,2-5,8-10,12H2,1H3/t13-/m1/s1. The third-order valence-electron chi connectivity index (χ3n) is 3.78. The molecule has 1 atom stereocenters. The van der Waals surface area contributed by atoms with E-state index >= 15 is 0 Å². The van der Waals surface area contributed by atoms with Gasteiger partial charge in [0.1, 0.15) is 0 Å². The zero-order valence-corrected chi connectivity index (χ0v) is 14.6. The average Bonchev–Trinajstić information content (AvgIpc) is 2.54. The summed E-state index contributed by atoms with van der Waals surface area (Å²) in [4.78, 5) is 22.1. The Morgan fingerprint density at radius 1 is 1.42 bits per heavy atom. The van der Waals surface area contributed by atoms with Crippen LogP contribution in [0.1, 0.15) is 44.6 Å². The Labute approximate surface area is 146 Å². The molecule has 1 N–H and O–H groups in total. The van der Waals surface area contributed by atoms with Crippen LogP contribution in [0.3, 0.4) is 0 Å². The smallest absolute Gasteiger partial charge is 0.305 e. The monoisotopic (exact) mass is 357 g/mol. The number of rotatable bonds is 11. The van der Waals surface area contributed by atoms with E-state index in [0.717, 1.165) is 19.3 Å². The number of carbonyl (C=O) groups is 1. The molecule has 0 aromatic heterocycles. The fraction of sp³-hybridized carbons (Fsp3) is 0.588. The highest BCUT2D eigenvalue weighted by Gasteiger charge is 2.18. The van der Waals surface area contributed by atoms with Crippen molar-refractivity contribution in [1.29, 1.82) is 0 Å². The molecule has 0 aliphatic rings. The van der Waals surface area contributed by atoms with Crippen LogP contribution in [0.4, 0.5) is 5.69 Å². The molecule has 0 aliphatic heterocycles. The molecular formula is C17H24ClNO5. The summed E-state index contributed by atoms with van der Waals surface area (Å²) in [5.74, 6) is -0.473. The first-order valence-corrected chi connectivity index (χ1v) is 8.55. The van der Waals surface area contributed by atoms with Crippen LogP contribution in [0.2, 0.25) is 5.02 Å². The number of benzene rings is 1. The number of hydrogen-bond acceptors (Lipinski definition) is 5. The van der Waals surface area contributed by atoms with Crippen molar-refractivity contribution in [3.05, 3.63) is 38.9 Å². The van der Waals surface area contributed by atoms with Gasteiger partial charge in [0.15, 0.2) is 0 Å². The number of carbonyl (C=O) groups excluding carboxylic acids is 1. The molecule has 7 heteroatoms. The lowest BCUT2D eigenvalue weighted by molar-refractivity contribution is -0.385. The summed E-state index contributed by atoms with van der Waals surface area (Å²) in [5, 5.41) is 21.0. The highest BCUT2D eigenvalue weighted by molar-refractivity contribution is 6.30. The SMILES string of the molecule is CCCCCC(=O)OCC[C@@H](CO)Cc1cc(Cl)ccc1[N+](=O)[O-]. The quantitative estimate of drug-likeness (QED) is 0.280. The second kappa shape index (κ2) is 11.0. The molecule has 1 aromatic carbocycles. The lowest BCUT2D eigenvalue weighted by Crippen LogP contribution is -2.15. The summed E-state index contributed by atoms with van der Waals surface area (Å²) in [6.45, 7) is 2.12. The largest absolute Gasteiger partial charge is 0.466 e. The molecule has 134 valence electrons. The van der Waals surface area contributed by atoms with Gasteiger partial charge in [0.2, 0.25) is 0 Å². The van der Waals surface area contributed by atoms with Crippen LogP contribution < -0.4 is 0 Å². The molecule has 0 saturated heterocycles.